The SMILES string of the molecule is COc1ccc(CN(C)CC(C#N)c2ccccc2)cc1. The third kappa shape index (κ3) is 4.34. The number of ether oxygens (including phenoxy) is 1. The van der Waals surface area contributed by atoms with Crippen molar-refractivity contribution in [2.24, 2.45) is 0 Å². The van der Waals surface area contributed by atoms with Crippen molar-refractivity contribution >= 4 is 0 Å². The molecule has 0 fully saturated rings. The van der Waals surface area contributed by atoms with Gasteiger partial charge < -0.3 is 9.64 Å². The molecule has 0 aliphatic carbocycles. The summed E-state index contributed by atoms with van der Waals surface area (Å²) in [7, 11) is 3.70. The van der Waals surface area contributed by atoms with Crippen molar-refractivity contribution in [1.29, 1.82) is 5.26 Å². The van der Waals surface area contributed by atoms with Gasteiger partial charge in [0.25, 0.3) is 0 Å². The summed E-state index contributed by atoms with van der Waals surface area (Å²) in [6.07, 6.45) is 0. The number of nitrogens with zero attached hydrogens (tertiary/aromatic N) is 2. The van der Waals surface area contributed by atoms with Crippen LogP contribution < -0.4 is 4.74 Å². The molecule has 1 atom stereocenters. The van der Waals surface area contributed by atoms with E-state index in [4.69, 9.17) is 4.74 Å². The van der Waals surface area contributed by atoms with Gasteiger partial charge in [-0.2, -0.15) is 5.26 Å². The highest BCUT2D eigenvalue weighted by atomic mass is 16.5. The number of benzene rings is 2. The van der Waals surface area contributed by atoms with E-state index in [2.05, 4.69) is 23.1 Å². The van der Waals surface area contributed by atoms with E-state index in [1.54, 1.807) is 7.11 Å². The standard InChI is InChI=1S/C18H20N2O/c1-20(13-15-8-10-18(21-2)11-9-15)14-17(12-19)16-6-4-3-5-7-16/h3-11,17H,13-14H2,1-2H3. The fourth-order valence-electron chi connectivity index (χ4n) is 2.32. The van der Waals surface area contributed by atoms with Crippen LogP contribution in [0.4, 0.5) is 0 Å². The van der Waals surface area contributed by atoms with Gasteiger partial charge in [0, 0.05) is 13.1 Å². The Morgan fingerprint density at radius 3 is 2.33 bits per heavy atom. The van der Waals surface area contributed by atoms with Crippen LogP contribution in [0.5, 0.6) is 5.75 Å². The molecule has 0 saturated carbocycles. The Hall–Kier alpha value is -2.31. The second-order valence-electron chi connectivity index (χ2n) is 5.14. The van der Waals surface area contributed by atoms with Crippen LogP contribution >= 0.6 is 0 Å². The second kappa shape index (κ2) is 7.47. The van der Waals surface area contributed by atoms with E-state index in [0.717, 1.165) is 17.9 Å². The Kier molecular flexibility index (Phi) is 5.36. The van der Waals surface area contributed by atoms with Gasteiger partial charge in [-0.15, -0.1) is 0 Å². The fourth-order valence-corrected chi connectivity index (χ4v) is 2.32. The van der Waals surface area contributed by atoms with Crippen molar-refractivity contribution in [2.75, 3.05) is 20.7 Å². The molecule has 21 heavy (non-hydrogen) atoms. The van der Waals surface area contributed by atoms with Gasteiger partial charge in [0.05, 0.1) is 19.1 Å². The minimum Gasteiger partial charge on any atom is -0.497 e. The highest BCUT2D eigenvalue weighted by Crippen LogP contribution is 2.17. The lowest BCUT2D eigenvalue weighted by Gasteiger charge is -2.20. The Balaban J connectivity index is 1.96. The molecule has 0 bridgehead atoms. The number of nitriles is 1. The van der Waals surface area contributed by atoms with Gasteiger partial charge in [-0.25, -0.2) is 0 Å². The zero-order valence-corrected chi connectivity index (χ0v) is 12.5. The first-order valence-corrected chi connectivity index (χ1v) is 6.99. The van der Waals surface area contributed by atoms with Gasteiger partial charge in [-0.1, -0.05) is 42.5 Å². The van der Waals surface area contributed by atoms with Crippen LogP contribution in [0.3, 0.4) is 0 Å². The number of rotatable bonds is 6. The summed E-state index contributed by atoms with van der Waals surface area (Å²) in [6, 6.07) is 20.4. The molecule has 0 N–H and O–H groups in total. The molecule has 0 amide bonds. The van der Waals surface area contributed by atoms with Crippen LogP contribution in [0.1, 0.15) is 17.0 Å². The molecular formula is C18H20N2O. The molecule has 0 radical (unpaired) electrons. The van der Waals surface area contributed by atoms with Crippen LogP contribution in [0.15, 0.2) is 54.6 Å². The van der Waals surface area contributed by atoms with E-state index < -0.39 is 0 Å². The molecule has 0 heterocycles. The monoisotopic (exact) mass is 280 g/mol. The molecule has 3 nitrogen and oxygen atoms in total. The predicted octanol–water partition coefficient (Wildman–Crippen LogP) is 3.43. The van der Waals surface area contributed by atoms with E-state index in [-0.39, 0.29) is 5.92 Å². The maximum absolute atomic E-state index is 9.37. The summed E-state index contributed by atoms with van der Waals surface area (Å²) in [5, 5.41) is 9.37. The Bertz CT molecular complexity index is 587. The van der Waals surface area contributed by atoms with Crippen molar-refractivity contribution in [3.8, 4) is 11.8 Å². The molecule has 108 valence electrons. The minimum absolute atomic E-state index is 0.102. The van der Waals surface area contributed by atoms with E-state index in [1.807, 2.05) is 49.5 Å². The van der Waals surface area contributed by atoms with Crippen molar-refractivity contribution in [2.45, 2.75) is 12.5 Å². The second-order valence-corrected chi connectivity index (χ2v) is 5.14. The smallest absolute Gasteiger partial charge is 0.118 e. The average molecular weight is 280 g/mol. The van der Waals surface area contributed by atoms with Crippen LogP contribution in [0.25, 0.3) is 0 Å². The number of methoxy groups -OCH3 is 1. The van der Waals surface area contributed by atoms with Crippen LogP contribution in [0.2, 0.25) is 0 Å². The zero-order valence-electron chi connectivity index (χ0n) is 12.5. The summed E-state index contributed by atoms with van der Waals surface area (Å²) in [6.45, 7) is 1.53. The maximum atomic E-state index is 9.37. The lowest BCUT2D eigenvalue weighted by atomic mass is 10.00. The first-order chi connectivity index (χ1) is 10.2. The van der Waals surface area contributed by atoms with Crippen LogP contribution in [-0.2, 0) is 6.54 Å². The van der Waals surface area contributed by atoms with E-state index in [1.165, 1.54) is 5.56 Å². The number of likely N-dealkylation sites (N-methyl/N-ethyl adjacent to an activating group) is 1. The van der Waals surface area contributed by atoms with Crippen LogP contribution in [-0.4, -0.2) is 25.6 Å². The van der Waals surface area contributed by atoms with Gasteiger partial charge in [0.1, 0.15) is 5.75 Å². The van der Waals surface area contributed by atoms with Gasteiger partial charge >= 0.3 is 0 Å². The molecule has 2 rings (SSSR count). The third-order valence-electron chi connectivity index (χ3n) is 3.46. The van der Waals surface area contributed by atoms with Gasteiger partial charge in [-0.05, 0) is 30.3 Å². The lowest BCUT2D eigenvalue weighted by molar-refractivity contribution is 0.320. The van der Waals surface area contributed by atoms with Crippen molar-refractivity contribution < 1.29 is 4.74 Å². The Labute approximate surface area is 126 Å². The van der Waals surface area contributed by atoms with E-state index in [9.17, 15) is 5.26 Å². The minimum atomic E-state index is -0.102. The first kappa shape index (κ1) is 15.1. The molecule has 0 saturated heterocycles. The summed E-state index contributed by atoms with van der Waals surface area (Å²) in [4.78, 5) is 2.17. The zero-order chi connectivity index (χ0) is 15.1. The average Bonchev–Trinajstić information content (AvgIpc) is 2.54. The van der Waals surface area contributed by atoms with E-state index in [0.29, 0.717) is 6.54 Å². The number of hydrogen-bond donors (Lipinski definition) is 0. The van der Waals surface area contributed by atoms with Crippen molar-refractivity contribution in [3.05, 3.63) is 65.7 Å². The highest BCUT2D eigenvalue weighted by Gasteiger charge is 2.13. The lowest BCUT2D eigenvalue weighted by Crippen LogP contribution is -2.23. The molecule has 2 aromatic carbocycles. The van der Waals surface area contributed by atoms with E-state index >= 15 is 0 Å². The third-order valence-corrected chi connectivity index (χ3v) is 3.46. The molecule has 2 aromatic rings. The summed E-state index contributed by atoms with van der Waals surface area (Å²) in [5.41, 5.74) is 2.28. The molecule has 0 spiro atoms. The summed E-state index contributed by atoms with van der Waals surface area (Å²) in [5.74, 6) is 0.759. The topological polar surface area (TPSA) is 36.3 Å². The highest BCUT2D eigenvalue weighted by molar-refractivity contribution is 5.28. The largest absolute Gasteiger partial charge is 0.497 e. The normalized spacial score (nSPS) is 11.9. The molecule has 0 aliphatic rings. The molecular weight excluding hydrogens is 260 g/mol. The summed E-state index contributed by atoms with van der Waals surface area (Å²) >= 11 is 0. The van der Waals surface area contributed by atoms with Gasteiger partial charge in [0.2, 0.25) is 0 Å². The predicted molar refractivity (Wildman–Crippen MR) is 84.1 cm³/mol. The quantitative estimate of drug-likeness (QED) is 0.813. The molecule has 0 aliphatic heterocycles. The molecule has 3 heteroatoms. The molecule has 1 unspecified atom stereocenters. The number of hydrogen-bond acceptors (Lipinski definition) is 3. The Morgan fingerprint density at radius 1 is 1.10 bits per heavy atom. The van der Waals surface area contributed by atoms with Crippen molar-refractivity contribution in [1.82, 2.24) is 4.90 Å². The van der Waals surface area contributed by atoms with Gasteiger partial charge in [-0.3, -0.25) is 0 Å². The maximum Gasteiger partial charge on any atom is 0.118 e. The van der Waals surface area contributed by atoms with Gasteiger partial charge in [0.15, 0.2) is 0 Å². The van der Waals surface area contributed by atoms with Crippen LogP contribution in [0, 0.1) is 11.3 Å². The fraction of sp³-hybridized carbons (Fsp3) is 0.278. The molecule has 0 aromatic heterocycles. The first-order valence-electron chi connectivity index (χ1n) is 6.99. The Morgan fingerprint density at radius 2 is 1.76 bits per heavy atom. The summed E-state index contributed by atoms with van der Waals surface area (Å²) < 4.78 is 5.16. The van der Waals surface area contributed by atoms with Crippen molar-refractivity contribution in [3.63, 3.8) is 0 Å².